The van der Waals surface area contributed by atoms with E-state index in [1.54, 1.807) is 6.20 Å². The van der Waals surface area contributed by atoms with Crippen LogP contribution in [0.5, 0.6) is 0 Å². The number of piperidine rings is 1. The maximum atomic E-state index is 4.58. The van der Waals surface area contributed by atoms with Gasteiger partial charge < -0.3 is 10.2 Å². The largest absolute Gasteiger partial charge is 0.372 e. The summed E-state index contributed by atoms with van der Waals surface area (Å²) in [6, 6.07) is 0. The molecule has 1 aliphatic carbocycles. The molecule has 1 spiro atoms. The van der Waals surface area contributed by atoms with Gasteiger partial charge in [0, 0.05) is 20.1 Å². The summed E-state index contributed by atoms with van der Waals surface area (Å²) in [4.78, 5) is 11.2. The van der Waals surface area contributed by atoms with Crippen molar-refractivity contribution in [1.29, 1.82) is 0 Å². The second-order valence-corrected chi connectivity index (χ2v) is 5.71. The molecule has 98 valence electrons. The van der Waals surface area contributed by atoms with Crippen molar-refractivity contribution in [2.24, 2.45) is 5.41 Å². The van der Waals surface area contributed by atoms with Crippen molar-refractivity contribution in [1.82, 2.24) is 9.97 Å². The molecule has 2 heterocycles. The van der Waals surface area contributed by atoms with Crippen LogP contribution in [-0.4, -0.2) is 30.1 Å². The summed E-state index contributed by atoms with van der Waals surface area (Å²) < 4.78 is 0. The van der Waals surface area contributed by atoms with Crippen LogP contribution in [0.15, 0.2) is 12.4 Å². The van der Waals surface area contributed by atoms with E-state index in [-0.39, 0.29) is 0 Å². The van der Waals surface area contributed by atoms with Crippen molar-refractivity contribution in [2.75, 3.05) is 30.4 Å². The van der Waals surface area contributed by atoms with Crippen LogP contribution in [0.1, 0.15) is 38.5 Å². The molecule has 0 radical (unpaired) electrons. The lowest BCUT2D eigenvalue weighted by atomic mass is 9.77. The molecule has 1 saturated heterocycles. The van der Waals surface area contributed by atoms with Crippen LogP contribution in [0.25, 0.3) is 0 Å². The van der Waals surface area contributed by atoms with Gasteiger partial charge in [-0.3, -0.25) is 4.98 Å². The third kappa shape index (κ3) is 2.16. The van der Waals surface area contributed by atoms with E-state index in [4.69, 9.17) is 0 Å². The van der Waals surface area contributed by atoms with Crippen LogP contribution in [0, 0.1) is 5.41 Å². The zero-order valence-corrected chi connectivity index (χ0v) is 11.2. The summed E-state index contributed by atoms with van der Waals surface area (Å²) in [5.41, 5.74) is 0.671. The van der Waals surface area contributed by atoms with Crippen LogP contribution in [-0.2, 0) is 0 Å². The third-order valence-electron chi connectivity index (χ3n) is 4.69. The van der Waals surface area contributed by atoms with Crippen LogP contribution in [0.3, 0.4) is 0 Å². The molecule has 4 nitrogen and oxygen atoms in total. The Morgan fingerprint density at radius 3 is 2.50 bits per heavy atom. The summed E-state index contributed by atoms with van der Waals surface area (Å²) in [6.45, 7) is 2.28. The number of anilines is 2. The van der Waals surface area contributed by atoms with E-state index < -0.39 is 0 Å². The highest BCUT2D eigenvalue weighted by Crippen LogP contribution is 2.46. The lowest BCUT2D eigenvalue weighted by molar-refractivity contribution is 0.226. The Kier molecular flexibility index (Phi) is 3.10. The van der Waals surface area contributed by atoms with Gasteiger partial charge in [-0.2, -0.15) is 0 Å². The van der Waals surface area contributed by atoms with Crippen molar-refractivity contribution in [3.05, 3.63) is 12.4 Å². The monoisotopic (exact) mass is 246 g/mol. The summed E-state index contributed by atoms with van der Waals surface area (Å²) in [5.74, 6) is 1.88. The number of nitrogens with zero attached hydrogens (tertiary/aromatic N) is 3. The molecule has 1 saturated carbocycles. The minimum Gasteiger partial charge on any atom is -0.372 e. The zero-order valence-electron chi connectivity index (χ0n) is 11.2. The number of hydrogen-bond donors (Lipinski definition) is 1. The van der Waals surface area contributed by atoms with Crippen molar-refractivity contribution in [2.45, 2.75) is 38.5 Å². The standard InChI is InChI=1S/C14H22N4/c1-15-12-10-16-11-13(17-12)18-8-6-14(7-9-18)4-2-3-5-14/h10-11H,2-9H2,1H3,(H,15,17). The molecule has 0 bridgehead atoms. The van der Waals surface area contributed by atoms with Gasteiger partial charge in [-0.25, -0.2) is 4.98 Å². The van der Waals surface area contributed by atoms with Crippen molar-refractivity contribution < 1.29 is 0 Å². The molecule has 1 aromatic rings. The van der Waals surface area contributed by atoms with Gasteiger partial charge in [-0.05, 0) is 31.1 Å². The molecule has 4 heteroatoms. The Balaban J connectivity index is 1.68. The van der Waals surface area contributed by atoms with Gasteiger partial charge in [0.05, 0.1) is 12.4 Å². The number of rotatable bonds is 2. The zero-order chi connectivity index (χ0) is 12.4. The summed E-state index contributed by atoms with van der Waals surface area (Å²) in [6.07, 6.45) is 12.1. The summed E-state index contributed by atoms with van der Waals surface area (Å²) in [7, 11) is 1.89. The predicted octanol–water partition coefficient (Wildman–Crippen LogP) is 2.68. The molecular formula is C14H22N4. The van der Waals surface area contributed by atoms with Crippen molar-refractivity contribution >= 4 is 11.6 Å². The minimum atomic E-state index is 0.671. The molecule has 18 heavy (non-hydrogen) atoms. The Labute approximate surface area is 109 Å². The lowest BCUT2D eigenvalue weighted by Crippen LogP contribution is -2.39. The maximum Gasteiger partial charge on any atom is 0.149 e. The van der Waals surface area contributed by atoms with E-state index in [1.807, 2.05) is 13.2 Å². The lowest BCUT2D eigenvalue weighted by Gasteiger charge is -2.39. The van der Waals surface area contributed by atoms with Crippen LogP contribution in [0.4, 0.5) is 11.6 Å². The normalized spacial score (nSPS) is 22.4. The van der Waals surface area contributed by atoms with Crippen molar-refractivity contribution in [3.8, 4) is 0 Å². The predicted molar refractivity (Wildman–Crippen MR) is 73.9 cm³/mol. The van der Waals surface area contributed by atoms with Crippen LogP contribution >= 0.6 is 0 Å². The van der Waals surface area contributed by atoms with Crippen LogP contribution in [0.2, 0.25) is 0 Å². The molecule has 1 aliphatic heterocycles. The van der Waals surface area contributed by atoms with Gasteiger partial charge in [-0.15, -0.1) is 0 Å². The fraction of sp³-hybridized carbons (Fsp3) is 0.714. The molecule has 0 atom stereocenters. The second kappa shape index (κ2) is 4.75. The van der Waals surface area contributed by atoms with E-state index >= 15 is 0 Å². The summed E-state index contributed by atoms with van der Waals surface area (Å²) >= 11 is 0. The molecule has 1 aromatic heterocycles. The van der Waals surface area contributed by atoms with E-state index in [2.05, 4.69) is 20.2 Å². The molecule has 3 rings (SSSR count). The highest BCUT2D eigenvalue weighted by molar-refractivity contribution is 5.43. The Hall–Kier alpha value is -1.32. The molecule has 2 fully saturated rings. The highest BCUT2D eigenvalue weighted by atomic mass is 15.2. The van der Waals surface area contributed by atoms with Gasteiger partial charge in [0.1, 0.15) is 11.6 Å². The molecule has 1 N–H and O–H groups in total. The number of hydrogen-bond acceptors (Lipinski definition) is 4. The Morgan fingerprint density at radius 2 is 1.83 bits per heavy atom. The second-order valence-electron chi connectivity index (χ2n) is 5.71. The first kappa shape index (κ1) is 11.8. The average Bonchev–Trinajstić information content (AvgIpc) is 2.88. The Morgan fingerprint density at radius 1 is 1.11 bits per heavy atom. The molecule has 0 aromatic carbocycles. The van der Waals surface area contributed by atoms with Gasteiger partial charge in [-0.1, -0.05) is 12.8 Å². The SMILES string of the molecule is CNc1cncc(N2CCC3(CCCC3)CC2)n1. The summed E-state index contributed by atoms with van der Waals surface area (Å²) in [5, 5.41) is 3.05. The first-order valence-electron chi connectivity index (χ1n) is 7.06. The van der Waals surface area contributed by atoms with E-state index in [0.717, 1.165) is 24.7 Å². The topological polar surface area (TPSA) is 41.1 Å². The fourth-order valence-corrected chi connectivity index (χ4v) is 3.46. The highest BCUT2D eigenvalue weighted by Gasteiger charge is 2.37. The smallest absolute Gasteiger partial charge is 0.149 e. The molecule has 0 amide bonds. The van der Waals surface area contributed by atoms with E-state index in [1.165, 1.54) is 38.5 Å². The molecule has 0 unspecified atom stereocenters. The van der Waals surface area contributed by atoms with Gasteiger partial charge >= 0.3 is 0 Å². The quantitative estimate of drug-likeness (QED) is 0.871. The Bertz CT molecular complexity index is 402. The molecule has 2 aliphatic rings. The number of aromatic nitrogens is 2. The van der Waals surface area contributed by atoms with Crippen LogP contribution < -0.4 is 10.2 Å². The van der Waals surface area contributed by atoms with Gasteiger partial charge in [0.15, 0.2) is 0 Å². The van der Waals surface area contributed by atoms with E-state index in [9.17, 15) is 0 Å². The first-order chi connectivity index (χ1) is 8.81. The van der Waals surface area contributed by atoms with Crippen molar-refractivity contribution in [3.63, 3.8) is 0 Å². The molecular weight excluding hydrogens is 224 g/mol. The minimum absolute atomic E-state index is 0.671. The van der Waals surface area contributed by atoms with Gasteiger partial charge in [0.2, 0.25) is 0 Å². The average molecular weight is 246 g/mol. The van der Waals surface area contributed by atoms with E-state index in [0.29, 0.717) is 5.41 Å². The fourth-order valence-electron chi connectivity index (χ4n) is 3.46. The van der Waals surface area contributed by atoms with Gasteiger partial charge in [0.25, 0.3) is 0 Å². The number of nitrogens with one attached hydrogen (secondary N) is 1. The first-order valence-corrected chi connectivity index (χ1v) is 7.06. The maximum absolute atomic E-state index is 4.58. The third-order valence-corrected chi connectivity index (χ3v) is 4.69.